The summed E-state index contributed by atoms with van der Waals surface area (Å²) in [5.41, 5.74) is 3.31. The van der Waals surface area contributed by atoms with Gasteiger partial charge in [0.2, 0.25) is 0 Å². The van der Waals surface area contributed by atoms with Gasteiger partial charge in [0.15, 0.2) is 5.65 Å². The van der Waals surface area contributed by atoms with E-state index in [9.17, 15) is 4.79 Å². The van der Waals surface area contributed by atoms with E-state index in [2.05, 4.69) is 34.9 Å². The van der Waals surface area contributed by atoms with Gasteiger partial charge in [0.25, 0.3) is 5.91 Å². The standard InChI is InChI=1S/C22H27N5O2/c1-15(2)27-21-17(14-23-27)13-18(16(3)24-21)22(28)26-11-9-25(10-12-26)19-7-5-6-8-20(19)29-4/h5-8,13-15H,9-12H2,1-4H3. The lowest BCUT2D eigenvalue weighted by molar-refractivity contribution is 0.0745. The first-order valence-corrected chi connectivity index (χ1v) is 10.0. The van der Waals surface area contributed by atoms with E-state index in [4.69, 9.17) is 4.74 Å². The molecule has 1 fully saturated rings. The number of amides is 1. The molecule has 0 radical (unpaired) electrons. The molecular formula is C22H27N5O2. The molecule has 0 atom stereocenters. The number of methoxy groups -OCH3 is 1. The highest BCUT2D eigenvalue weighted by molar-refractivity contribution is 5.98. The molecule has 2 aromatic heterocycles. The Labute approximate surface area is 170 Å². The number of piperazine rings is 1. The van der Waals surface area contributed by atoms with Crippen molar-refractivity contribution in [1.29, 1.82) is 0 Å². The van der Waals surface area contributed by atoms with Crippen molar-refractivity contribution in [1.82, 2.24) is 19.7 Å². The number of rotatable bonds is 4. The number of anilines is 1. The molecular weight excluding hydrogens is 366 g/mol. The Kier molecular flexibility index (Phi) is 5.13. The van der Waals surface area contributed by atoms with Gasteiger partial charge in [-0.2, -0.15) is 5.10 Å². The lowest BCUT2D eigenvalue weighted by atomic mass is 10.1. The van der Waals surface area contributed by atoms with Crippen molar-refractivity contribution < 1.29 is 9.53 Å². The largest absolute Gasteiger partial charge is 0.495 e. The van der Waals surface area contributed by atoms with Gasteiger partial charge >= 0.3 is 0 Å². The fraction of sp³-hybridized carbons (Fsp3) is 0.409. The van der Waals surface area contributed by atoms with Gasteiger partial charge in [0, 0.05) is 37.6 Å². The van der Waals surface area contributed by atoms with Gasteiger partial charge in [-0.15, -0.1) is 0 Å². The summed E-state index contributed by atoms with van der Waals surface area (Å²) in [6.45, 7) is 8.92. The van der Waals surface area contributed by atoms with E-state index in [0.717, 1.165) is 41.3 Å². The van der Waals surface area contributed by atoms with Crippen molar-refractivity contribution >= 4 is 22.6 Å². The summed E-state index contributed by atoms with van der Waals surface area (Å²) < 4.78 is 7.37. The molecule has 1 amide bonds. The van der Waals surface area contributed by atoms with Gasteiger partial charge < -0.3 is 14.5 Å². The minimum Gasteiger partial charge on any atom is -0.495 e. The van der Waals surface area contributed by atoms with Gasteiger partial charge in [-0.3, -0.25) is 4.79 Å². The van der Waals surface area contributed by atoms with E-state index >= 15 is 0 Å². The van der Waals surface area contributed by atoms with Gasteiger partial charge in [0.05, 0.1) is 30.3 Å². The van der Waals surface area contributed by atoms with E-state index in [0.29, 0.717) is 18.7 Å². The average Bonchev–Trinajstić information content (AvgIpc) is 3.15. The van der Waals surface area contributed by atoms with Gasteiger partial charge in [0.1, 0.15) is 5.75 Å². The summed E-state index contributed by atoms with van der Waals surface area (Å²) in [5, 5.41) is 5.32. The van der Waals surface area contributed by atoms with Crippen LogP contribution in [0.2, 0.25) is 0 Å². The van der Waals surface area contributed by atoms with Crippen molar-refractivity contribution in [2.75, 3.05) is 38.2 Å². The maximum atomic E-state index is 13.2. The summed E-state index contributed by atoms with van der Waals surface area (Å²) >= 11 is 0. The molecule has 1 aliphatic heterocycles. The molecule has 0 saturated carbocycles. The number of aryl methyl sites for hydroxylation is 1. The van der Waals surface area contributed by atoms with Crippen LogP contribution in [0.1, 0.15) is 35.9 Å². The van der Waals surface area contributed by atoms with Crippen LogP contribution in [-0.4, -0.2) is 58.9 Å². The zero-order valence-electron chi connectivity index (χ0n) is 17.4. The zero-order chi connectivity index (χ0) is 20.5. The number of carbonyl (C=O) groups is 1. The molecule has 1 saturated heterocycles. The highest BCUT2D eigenvalue weighted by atomic mass is 16.5. The van der Waals surface area contributed by atoms with Crippen molar-refractivity contribution in [3.63, 3.8) is 0 Å². The molecule has 152 valence electrons. The SMILES string of the molecule is COc1ccccc1N1CCN(C(=O)c2cc3cnn(C(C)C)c3nc2C)CC1. The maximum absolute atomic E-state index is 13.2. The molecule has 3 aromatic rings. The van der Waals surface area contributed by atoms with E-state index in [-0.39, 0.29) is 11.9 Å². The second-order valence-electron chi connectivity index (χ2n) is 7.67. The van der Waals surface area contributed by atoms with Crippen LogP contribution in [0.25, 0.3) is 11.0 Å². The topological polar surface area (TPSA) is 63.5 Å². The van der Waals surface area contributed by atoms with Crippen LogP contribution in [0.3, 0.4) is 0 Å². The summed E-state index contributed by atoms with van der Waals surface area (Å²) in [7, 11) is 1.69. The minimum atomic E-state index is 0.0360. The van der Waals surface area contributed by atoms with Crippen LogP contribution in [0.5, 0.6) is 5.75 Å². The second-order valence-corrected chi connectivity index (χ2v) is 7.67. The van der Waals surface area contributed by atoms with E-state index in [1.54, 1.807) is 13.3 Å². The molecule has 0 unspecified atom stereocenters. The van der Waals surface area contributed by atoms with Gasteiger partial charge in [-0.1, -0.05) is 12.1 Å². The molecule has 1 aromatic carbocycles. The number of para-hydroxylation sites is 2. The number of fused-ring (bicyclic) bond motifs is 1. The van der Waals surface area contributed by atoms with Crippen molar-refractivity contribution in [2.45, 2.75) is 26.8 Å². The second kappa shape index (κ2) is 7.73. The van der Waals surface area contributed by atoms with Crippen LogP contribution in [0.4, 0.5) is 5.69 Å². The third-order valence-corrected chi connectivity index (χ3v) is 5.47. The summed E-state index contributed by atoms with van der Waals surface area (Å²) in [6.07, 6.45) is 1.79. The molecule has 29 heavy (non-hydrogen) atoms. The fourth-order valence-corrected chi connectivity index (χ4v) is 3.87. The Morgan fingerprint density at radius 3 is 2.55 bits per heavy atom. The molecule has 3 heterocycles. The molecule has 0 spiro atoms. The average molecular weight is 393 g/mol. The molecule has 4 rings (SSSR count). The lowest BCUT2D eigenvalue weighted by Gasteiger charge is -2.36. The van der Waals surface area contributed by atoms with E-state index in [1.807, 2.05) is 40.8 Å². The van der Waals surface area contributed by atoms with Crippen molar-refractivity contribution in [3.05, 3.63) is 47.8 Å². The molecule has 0 aliphatic carbocycles. The number of nitrogens with zero attached hydrogens (tertiary/aromatic N) is 5. The minimum absolute atomic E-state index is 0.0360. The lowest BCUT2D eigenvalue weighted by Crippen LogP contribution is -2.49. The highest BCUT2D eigenvalue weighted by Gasteiger charge is 2.25. The smallest absolute Gasteiger partial charge is 0.255 e. The molecule has 7 nitrogen and oxygen atoms in total. The first kappa shape index (κ1) is 19.2. The van der Waals surface area contributed by atoms with Crippen LogP contribution >= 0.6 is 0 Å². The number of carbonyl (C=O) groups excluding carboxylic acids is 1. The van der Waals surface area contributed by atoms with Crippen molar-refractivity contribution in [2.24, 2.45) is 0 Å². The Hall–Kier alpha value is -3.09. The van der Waals surface area contributed by atoms with Crippen LogP contribution in [0.15, 0.2) is 36.5 Å². The fourth-order valence-electron chi connectivity index (χ4n) is 3.87. The first-order valence-electron chi connectivity index (χ1n) is 10.0. The predicted octanol–water partition coefficient (Wildman–Crippen LogP) is 3.29. The third-order valence-electron chi connectivity index (χ3n) is 5.47. The quantitative estimate of drug-likeness (QED) is 0.681. The zero-order valence-corrected chi connectivity index (χ0v) is 17.4. The number of hydrogen-bond donors (Lipinski definition) is 0. The van der Waals surface area contributed by atoms with Gasteiger partial charge in [-0.05, 0) is 39.0 Å². The Balaban J connectivity index is 1.52. The third kappa shape index (κ3) is 3.52. The molecule has 0 N–H and O–H groups in total. The monoisotopic (exact) mass is 393 g/mol. The summed E-state index contributed by atoms with van der Waals surface area (Å²) in [6, 6.07) is 10.2. The number of aromatic nitrogens is 3. The number of hydrogen-bond acceptors (Lipinski definition) is 5. The van der Waals surface area contributed by atoms with E-state index in [1.165, 1.54) is 0 Å². The maximum Gasteiger partial charge on any atom is 0.255 e. The number of ether oxygens (including phenoxy) is 1. The van der Waals surface area contributed by atoms with Crippen LogP contribution < -0.4 is 9.64 Å². The van der Waals surface area contributed by atoms with Gasteiger partial charge in [-0.25, -0.2) is 9.67 Å². The molecule has 7 heteroatoms. The van der Waals surface area contributed by atoms with Crippen LogP contribution in [0, 0.1) is 6.92 Å². The highest BCUT2D eigenvalue weighted by Crippen LogP contribution is 2.29. The number of pyridine rings is 1. The summed E-state index contributed by atoms with van der Waals surface area (Å²) in [4.78, 5) is 22.0. The number of benzene rings is 1. The first-order chi connectivity index (χ1) is 14.0. The Morgan fingerprint density at radius 2 is 1.86 bits per heavy atom. The Morgan fingerprint density at radius 1 is 1.14 bits per heavy atom. The van der Waals surface area contributed by atoms with Crippen LogP contribution in [-0.2, 0) is 0 Å². The predicted molar refractivity (Wildman–Crippen MR) is 114 cm³/mol. The summed E-state index contributed by atoms with van der Waals surface area (Å²) in [5.74, 6) is 0.897. The molecule has 0 bridgehead atoms. The van der Waals surface area contributed by atoms with E-state index < -0.39 is 0 Å². The normalized spacial score (nSPS) is 14.7. The van der Waals surface area contributed by atoms with Crippen molar-refractivity contribution in [3.8, 4) is 5.75 Å². The molecule has 1 aliphatic rings. The Bertz CT molecular complexity index is 1030.